The van der Waals surface area contributed by atoms with E-state index in [-0.39, 0.29) is 12.3 Å². The predicted molar refractivity (Wildman–Crippen MR) is 129 cm³/mol. The summed E-state index contributed by atoms with van der Waals surface area (Å²) in [7, 11) is 0. The van der Waals surface area contributed by atoms with Gasteiger partial charge in [0.1, 0.15) is 30.2 Å². The van der Waals surface area contributed by atoms with Gasteiger partial charge in [-0.05, 0) is 39.0 Å². The molecule has 6 N–H and O–H groups in total. The number of carboxylic acid groups (broad SMARTS) is 1. The zero-order valence-electron chi connectivity index (χ0n) is 21.5. The summed E-state index contributed by atoms with van der Waals surface area (Å²) in [6.07, 6.45) is 0.346. The Bertz CT molecular complexity index is 938. The third-order valence-corrected chi connectivity index (χ3v) is 6.11. The quantitative estimate of drug-likeness (QED) is 0.233. The second kappa shape index (κ2) is 13.0. The molecule has 2 aliphatic rings. The second-order valence-electron chi connectivity index (χ2n) is 9.78. The molecule has 0 aliphatic carbocycles. The van der Waals surface area contributed by atoms with E-state index in [1.807, 2.05) is 13.8 Å². The maximum absolute atomic E-state index is 13.0. The number of aliphatic carboxylic acids is 1. The smallest absolute Gasteiger partial charge is 0.305 e. The van der Waals surface area contributed by atoms with E-state index in [1.165, 1.54) is 18.7 Å². The van der Waals surface area contributed by atoms with Crippen LogP contribution in [0.1, 0.15) is 53.4 Å². The number of amides is 6. The molecule has 0 saturated carbocycles. The molecule has 2 aliphatic heterocycles. The van der Waals surface area contributed by atoms with Crippen molar-refractivity contribution < 1.29 is 38.7 Å². The molecular weight excluding hydrogens is 488 g/mol. The largest absolute Gasteiger partial charge is 0.481 e. The molecule has 2 rings (SSSR count). The summed E-state index contributed by atoms with van der Waals surface area (Å²) < 4.78 is 0. The number of hydrogen-bond donors (Lipinski definition) is 6. The van der Waals surface area contributed by atoms with Crippen LogP contribution in [0.3, 0.4) is 0 Å². The molecule has 14 heteroatoms. The van der Waals surface area contributed by atoms with Crippen molar-refractivity contribution in [1.29, 1.82) is 0 Å². The second-order valence-corrected chi connectivity index (χ2v) is 9.78. The highest BCUT2D eigenvalue weighted by Crippen LogP contribution is 2.19. The highest BCUT2D eigenvalue weighted by Gasteiger charge is 2.38. The van der Waals surface area contributed by atoms with E-state index in [2.05, 4.69) is 26.6 Å². The number of carbonyl (C=O) groups is 7. The van der Waals surface area contributed by atoms with Crippen molar-refractivity contribution in [3.63, 3.8) is 0 Å². The number of fused-ring (bicyclic) bond motifs is 1. The minimum Gasteiger partial charge on any atom is -0.481 e. The van der Waals surface area contributed by atoms with Gasteiger partial charge in [-0.3, -0.25) is 33.6 Å². The van der Waals surface area contributed by atoms with Crippen molar-refractivity contribution >= 4 is 41.4 Å². The Kier molecular flexibility index (Phi) is 10.4. The van der Waals surface area contributed by atoms with E-state index in [9.17, 15) is 38.7 Å². The lowest BCUT2D eigenvalue weighted by molar-refractivity contribution is -0.142. The monoisotopic (exact) mass is 524 g/mol. The molecule has 14 nitrogen and oxygen atoms in total. The highest BCUT2D eigenvalue weighted by molar-refractivity contribution is 5.98. The minimum atomic E-state index is -1.52. The molecule has 0 spiro atoms. The predicted octanol–water partition coefficient (Wildman–Crippen LogP) is -2.39. The van der Waals surface area contributed by atoms with Crippen LogP contribution in [0.25, 0.3) is 0 Å². The van der Waals surface area contributed by atoms with E-state index < -0.39 is 84.6 Å². The molecule has 6 amide bonds. The van der Waals surface area contributed by atoms with E-state index >= 15 is 0 Å². The average molecular weight is 525 g/mol. The van der Waals surface area contributed by atoms with Crippen LogP contribution in [0.5, 0.6) is 0 Å². The number of rotatable bonds is 4. The molecule has 0 bridgehead atoms. The molecule has 2 saturated heterocycles. The van der Waals surface area contributed by atoms with Crippen molar-refractivity contribution in [3.8, 4) is 0 Å². The summed E-state index contributed by atoms with van der Waals surface area (Å²) in [6, 6.07) is -5.54. The van der Waals surface area contributed by atoms with E-state index in [0.29, 0.717) is 19.4 Å². The van der Waals surface area contributed by atoms with Crippen LogP contribution in [-0.2, 0) is 33.6 Å². The van der Waals surface area contributed by atoms with Crippen molar-refractivity contribution in [2.75, 3.05) is 13.1 Å². The topological polar surface area (TPSA) is 203 Å². The van der Waals surface area contributed by atoms with Crippen LogP contribution in [-0.4, -0.2) is 94.7 Å². The van der Waals surface area contributed by atoms with Gasteiger partial charge in [-0.2, -0.15) is 0 Å². The third-order valence-electron chi connectivity index (χ3n) is 6.11. The van der Waals surface area contributed by atoms with Crippen molar-refractivity contribution in [3.05, 3.63) is 0 Å². The van der Waals surface area contributed by atoms with E-state index in [4.69, 9.17) is 0 Å². The fourth-order valence-electron chi connectivity index (χ4n) is 4.23. The zero-order valence-corrected chi connectivity index (χ0v) is 21.5. The van der Waals surface area contributed by atoms with Gasteiger partial charge in [0.15, 0.2) is 0 Å². The lowest BCUT2D eigenvalue weighted by Crippen LogP contribution is -2.59. The maximum atomic E-state index is 13.0. The van der Waals surface area contributed by atoms with Crippen molar-refractivity contribution in [2.24, 2.45) is 5.92 Å². The lowest BCUT2D eigenvalue weighted by atomic mass is 10.0. The number of carbonyl (C=O) groups excluding carboxylic acids is 6. The number of nitrogens with zero attached hydrogens (tertiary/aromatic N) is 1. The van der Waals surface area contributed by atoms with Crippen molar-refractivity contribution in [1.82, 2.24) is 31.5 Å². The first kappa shape index (κ1) is 29.5. The lowest BCUT2D eigenvalue weighted by Gasteiger charge is -2.29. The van der Waals surface area contributed by atoms with Gasteiger partial charge in [0.25, 0.3) is 0 Å². The van der Waals surface area contributed by atoms with Crippen LogP contribution in [0.2, 0.25) is 0 Å². The van der Waals surface area contributed by atoms with Gasteiger partial charge in [0, 0.05) is 6.54 Å². The fourth-order valence-corrected chi connectivity index (χ4v) is 4.23. The molecule has 0 aromatic carbocycles. The van der Waals surface area contributed by atoms with Crippen LogP contribution in [0.15, 0.2) is 0 Å². The first-order chi connectivity index (χ1) is 17.3. The molecular formula is C23H36N6O8. The molecule has 37 heavy (non-hydrogen) atoms. The Balaban J connectivity index is 2.35. The Morgan fingerprint density at radius 3 is 2.16 bits per heavy atom. The van der Waals surface area contributed by atoms with Crippen LogP contribution in [0.4, 0.5) is 0 Å². The van der Waals surface area contributed by atoms with Gasteiger partial charge >= 0.3 is 5.97 Å². The Labute approximate surface area is 214 Å². The van der Waals surface area contributed by atoms with Crippen LogP contribution >= 0.6 is 0 Å². The van der Waals surface area contributed by atoms with Crippen molar-refractivity contribution in [2.45, 2.75) is 83.6 Å². The first-order valence-electron chi connectivity index (χ1n) is 12.3. The van der Waals surface area contributed by atoms with Gasteiger partial charge in [-0.25, -0.2) is 0 Å². The molecule has 0 radical (unpaired) electrons. The summed E-state index contributed by atoms with van der Waals surface area (Å²) in [5.74, 6) is -5.54. The molecule has 0 unspecified atom stereocenters. The molecule has 2 fully saturated rings. The standard InChI is InChI=1S/C23H36N6O8/c1-11(2)8-14-21(35)28-15(9-18(31)32)20(34)24-10-17(30)25-13(4)23(37)29-7-5-6-16(29)22(36)26-12(3)19(33)27-14/h11-16H,5-10H2,1-4H3,(H,24,34)(H,25,30)(H,26,36)(H,27,33)(H,28,35)(H,31,32)/t12-,13-,14+,15-,16-/m1/s1. The Morgan fingerprint density at radius 1 is 0.892 bits per heavy atom. The van der Waals surface area contributed by atoms with Crippen LogP contribution in [0, 0.1) is 5.92 Å². The Morgan fingerprint density at radius 2 is 1.54 bits per heavy atom. The first-order valence-corrected chi connectivity index (χ1v) is 12.3. The number of nitrogens with one attached hydrogen (secondary N) is 5. The summed E-state index contributed by atoms with van der Waals surface area (Å²) in [5, 5.41) is 21.4. The average Bonchev–Trinajstić information content (AvgIpc) is 3.29. The molecule has 0 aromatic rings. The minimum absolute atomic E-state index is 0.0608. The summed E-state index contributed by atoms with van der Waals surface area (Å²) in [5.41, 5.74) is 0. The SMILES string of the molecule is CC(C)C[C@@H]1NC(=O)[C@@H](C)NC(=O)[C@H]2CCCN2C(=O)[C@@H](C)NC(=O)CNC(=O)[C@@H](CC(=O)O)NC1=O. The fraction of sp³-hybridized carbons (Fsp3) is 0.696. The van der Waals surface area contributed by atoms with Gasteiger partial charge in [0.05, 0.1) is 13.0 Å². The molecule has 5 atom stereocenters. The van der Waals surface area contributed by atoms with Gasteiger partial charge in [-0.15, -0.1) is 0 Å². The van der Waals surface area contributed by atoms with E-state index in [1.54, 1.807) is 0 Å². The summed E-state index contributed by atoms with van der Waals surface area (Å²) in [6.45, 7) is 6.20. The Hall–Kier alpha value is -3.71. The molecule has 206 valence electrons. The number of hydrogen-bond acceptors (Lipinski definition) is 7. The van der Waals surface area contributed by atoms with Gasteiger partial charge in [0.2, 0.25) is 35.4 Å². The molecule has 2 heterocycles. The zero-order chi connectivity index (χ0) is 27.9. The van der Waals surface area contributed by atoms with Gasteiger partial charge in [-0.1, -0.05) is 13.8 Å². The number of carboxylic acids is 1. The summed E-state index contributed by atoms with van der Waals surface area (Å²) in [4.78, 5) is 89.3. The highest BCUT2D eigenvalue weighted by atomic mass is 16.4. The third kappa shape index (κ3) is 8.43. The normalized spacial score (nSPS) is 28.8. The van der Waals surface area contributed by atoms with Crippen LogP contribution < -0.4 is 26.6 Å². The maximum Gasteiger partial charge on any atom is 0.305 e. The molecule has 0 aromatic heterocycles. The summed E-state index contributed by atoms with van der Waals surface area (Å²) >= 11 is 0. The van der Waals surface area contributed by atoms with E-state index in [0.717, 1.165) is 0 Å². The van der Waals surface area contributed by atoms with Gasteiger partial charge < -0.3 is 36.6 Å².